The van der Waals surface area contributed by atoms with Gasteiger partial charge in [0.1, 0.15) is 0 Å². The fraction of sp³-hybridized carbons (Fsp3) is 0.118. The zero-order chi connectivity index (χ0) is 17.6. The van der Waals surface area contributed by atoms with Crippen molar-refractivity contribution in [2.75, 3.05) is 11.1 Å². The van der Waals surface area contributed by atoms with Crippen molar-refractivity contribution >= 4 is 35.0 Å². The van der Waals surface area contributed by atoms with Crippen LogP contribution in [0.5, 0.6) is 0 Å². The number of benzene rings is 2. The Kier molecular flexibility index (Phi) is 5.70. The lowest BCUT2D eigenvalue weighted by Gasteiger charge is -2.05. The number of carbonyl (C=O) groups excluding carboxylic acids is 1. The van der Waals surface area contributed by atoms with Gasteiger partial charge in [-0.25, -0.2) is 0 Å². The van der Waals surface area contributed by atoms with E-state index in [-0.39, 0.29) is 18.3 Å². The Morgan fingerprint density at radius 1 is 1.20 bits per heavy atom. The maximum absolute atomic E-state index is 12.0. The first-order chi connectivity index (χ1) is 12.1. The molecule has 0 aliphatic heterocycles. The summed E-state index contributed by atoms with van der Waals surface area (Å²) in [4.78, 5) is 12.0. The zero-order valence-electron chi connectivity index (χ0n) is 13.0. The molecule has 1 aromatic heterocycles. The van der Waals surface area contributed by atoms with Gasteiger partial charge in [-0.05, 0) is 42.0 Å². The fourth-order valence-corrected chi connectivity index (χ4v) is 2.74. The second kappa shape index (κ2) is 8.15. The molecule has 1 heterocycles. The van der Waals surface area contributed by atoms with Crippen molar-refractivity contribution < 1.29 is 14.3 Å². The minimum atomic E-state index is -0.202. The number of nitrogens with one attached hydrogen (secondary N) is 1. The standard InChI is InChI=1S/C17H14ClN3O3S/c18-13-6-4-12(5-7-13)16-20-21-17(24-16)25-10-15(23)19-14-3-1-2-11(8-14)9-22/h1-8,22H,9-10H2,(H,19,23). The third kappa shape index (κ3) is 4.82. The van der Waals surface area contributed by atoms with Gasteiger partial charge in [0, 0.05) is 16.3 Å². The van der Waals surface area contributed by atoms with E-state index in [2.05, 4.69) is 15.5 Å². The normalized spacial score (nSPS) is 10.6. The van der Waals surface area contributed by atoms with Gasteiger partial charge in [-0.1, -0.05) is 35.5 Å². The highest BCUT2D eigenvalue weighted by Gasteiger charge is 2.11. The van der Waals surface area contributed by atoms with Gasteiger partial charge >= 0.3 is 0 Å². The summed E-state index contributed by atoms with van der Waals surface area (Å²) in [7, 11) is 0. The molecule has 0 aliphatic carbocycles. The minimum Gasteiger partial charge on any atom is -0.411 e. The first-order valence-electron chi connectivity index (χ1n) is 7.36. The minimum absolute atomic E-state index is 0.0755. The van der Waals surface area contributed by atoms with E-state index < -0.39 is 0 Å². The third-order valence-corrected chi connectivity index (χ3v) is 4.29. The van der Waals surface area contributed by atoms with Crippen molar-refractivity contribution in [3.8, 4) is 11.5 Å². The molecular weight excluding hydrogens is 362 g/mol. The molecule has 1 amide bonds. The number of anilines is 1. The quantitative estimate of drug-likeness (QED) is 0.640. The summed E-state index contributed by atoms with van der Waals surface area (Å²) in [6.07, 6.45) is 0. The summed E-state index contributed by atoms with van der Waals surface area (Å²) in [5, 5.41) is 20.7. The summed E-state index contributed by atoms with van der Waals surface area (Å²) in [5.41, 5.74) is 2.12. The molecule has 0 fully saturated rings. The van der Waals surface area contributed by atoms with Gasteiger partial charge in [0.05, 0.1) is 12.4 Å². The molecule has 3 aromatic rings. The lowest BCUT2D eigenvalue weighted by Crippen LogP contribution is -2.14. The number of rotatable bonds is 6. The SMILES string of the molecule is O=C(CSc1nnc(-c2ccc(Cl)cc2)o1)Nc1cccc(CO)c1. The highest BCUT2D eigenvalue weighted by molar-refractivity contribution is 7.99. The summed E-state index contributed by atoms with van der Waals surface area (Å²) in [5.74, 6) is 0.299. The van der Waals surface area contributed by atoms with Crippen LogP contribution in [0.3, 0.4) is 0 Å². The summed E-state index contributed by atoms with van der Waals surface area (Å²) in [6, 6.07) is 14.1. The largest absolute Gasteiger partial charge is 0.411 e. The van der Waals surface area contributed by atoms with Crippen molar-refractivity contribution in [3.05, 3.63) is 59.1 Å². The lowest BCUT2D eigenvalue weighted by molar-refractivity contribution is -0.113. The Labute approximate surface area is 153 Å². The van der Waals surface area contributed by atoms with Crippen molar-refractivity contribution in [2.45, 2.75) is 11.8 Å². The number of halogens is 1. The van der Waals surface area contributed by atoms with E-state index in [1.807, 2.05) is 0 Å². The van der Waals surface area contributed by atoms with Gasteiger partial charge in [0.15, 0.2) is 0 Å². The molecule has 0 radical (unpaired) electrons. The number of hydrogen-bond acceptors (Lipinski definition) is 6. The second-order valence-electron chi connectivity index (χ2n) is 5.08. The van der Waals surface area contributed by atoms with Crippen molar-refractivity contribution in [2.24, 2.45) is 0 Å². The molecule has 0 atom stereocenters. The Balaban J connectivity index is 1.56. The molecule has 3 rings (SSSR count). The van der Waals surface area contributed by atoms with Gasteiger partial charge in [0.25, 0.3) is 5.22 Å². The number of nitrogens with zero attached hydrogens (tertiary/aromatic N) is 2. The first-order valence-corrected chi connectivity index (χ1v) is 8.72. The monoisotopic (exact) mass is 375 g/mol. The number of aromatic nitrogens is 2. The molecule has 0 aliphatic rings. The number of thioether (sulfide) groups is 1. The van der Waals surface area contributed by atoms with Gasteiger partial charge in [-0.15, -0.1) is 10.2 Å². The maximum atomic E-state index is 12.0. The predicted molar refractivity (Wildman–Crippen MR) is 96.5 cm³/mol. The Morgan fingerprint density at radius 3 is 2.76 bits per heavy atom. The van der Waals surface area contributed by atoms with E-state index in [1.54, 1.807) is 48.5 Å². The van der Waals surface area contributed by atoms with E-state index in [0.717, 1.165) is 22.9 Å². The molecular formula is C17H14ClN3O3S. The molecule has 6 nitrogen and oxygen atoms in total. The van der Waals surface area contributed by atoms with Crippen molar-refractivity contribution in [1.29, 1.82) is 0 Å². The van der Waals surface area contributed by atoms with Crippen LogP contribution in [0.25, 0.3) is 11.5 Å². The number of carbonyl (C=O) groups is 1. The Morgan fingerprint density at radius 2 is 2.00 bits per heavy atom. The molecule has 0 unspecified atom stereocenters. The van der Waals surface area contributed by atoms with E-state index in [9.17, 15) is 4.79 Å². The molecule has 8 heteroatoms. The van der Waals surface area contributed by atoms with Gasteiger partial charge < -0.3 is 14.8 Å². The van der Waals surface area contributed by atoms with E-state index in [4.69, 9.17) is 21.1 Å². The topological polar surface area (TPSA) is 88.2 Å². The second-order valence-corrected chi connectivity index (χ2v) is 6.44. The first kappa shape index (κ1) is 17.5. The molecule has 2 N–H and O–H groups in total. The summed E-state index contributed by atoms with van der Waals surface area (Å²) >= 11 is 6.99. The molecule has 2 aromatic carbocycles. The Bertz CT molecular complexity index is 868. The van der Waals surface area contributed by atoms with Crippen LogP contribution in [0.2, 0.25) is 5.02 Å². The van der Waals surface area contributed by atoms with Crippen LogP contribution >= 0.6 is 23.4 Å². The van der Waals surface area contributed by atoms with Crippen molar-refractivity contribution in [3.63, 3.8) is 0 Å². The summed E-state index contributed by atoms with van der Waals surface area (Å²) in [6.45, 7) is -0.0755. The Hall–Kier alpha value is -2.35. The average molecular weight is 376 g/mol. The van der Waals surface area contributed by atoms with Crippen LogP contribution in [-0.4, -0.2) is 27.0 Å². The predicted octanol–water partition coefficient (Wildman–Crippen LogP) is 3.61. The van der Waals surface area contributed by atoms with E-state index in [1.165, 1.54) is 0 Å². The smallest absolute Gasteiger partial charge is 0.277 e. The molecule has 0 bridgehead atoms. The van der Waals surface area contributed by atoms with Crippen LogP contribution in [0.1, 0.15) is 5.56 Å². The van der Waals surface area contributed by atoms with Gasteiger partial charge in [-0.2, -0.15) is 0 Å². The van der Waals surface area contributed by atoms with Crippen LogP contribution in [-0.2, 0) is 11.4 Å². The highest BCUT2D eigenvalue weighted by Crippen LogP contribution is 2.24. The number of hydrogen-bond donors (Lipinski definition) is 2. The van der Waals surface area contributed by atoms with E-state index >= 15 is 0 Å². The van der Waals surface area contributed by atoms with Crippen LogP contribution in [0, 0.1) is 0 Å². The number of aliphatic hydroxyl groups excluding tert-OH is 1. The third-order valence-electron chi connectivity index (χ3n) is 3.22. The lowest BCUT2D eigenvalue weighted by atomic mass is 10.2. The fourth-order valence-electron chi connectivity index (χ4n) is 2.05. The average Bonchev–Trinajstić information content (AvgIpc) is 3.10. The van der Waals surface area contributed by atoms with Gasteiger partial charge in [0.2, 0.25) is 11.8 Å². The van der Waals surface area contributed by atoms with Crippen LogP contribution in [0.4, 0.5) is 5.69 Å². The van der Waals surface area contributed by atoms with E-state index in [0.29, 0.717) is 21.8 Å². The molecule has 25 heavy (non-hydrogen) atoms. The molecule has 0 spiro atoms. The number of aliphatic hydroxyl groups is 1. The highest BCUT2D eigenvalue weighted by atomic mass is 35.5. The van der Waals surface area contributed by atoms with Crippen LogP contribution in [0.15, 0.2) is 58.2 Å². The van der Waals surface area contributed by atoms with Crippen molar-refractivity contribution in [1.82, 2.24) is 10.2 Å². The zero-order valence-corrected chi connectivity index (χ0v) is 14.5. The van der Waals surface area contributed by atoms with Crippen LogP contribution < -0.4 is 5.32 Å². The molecule has 128 valence electrons. The molecule has 0 saturated heterocycles. The number of amides is 1. The maximum Gasteiger partial charge on any atom is 0.277 e. The molecule has 0 saturated carbocycles. The summed E-state index contributed by atoms with van der Waals surface area (Å²) < 4.78 is 5.53. The van der Waals surface area contributed by atoms with Gasteiger partial charge in [-0.3, -0.25) is 4.79 Å².